The Labute approximate surface area is 160 Å². The lowest BCUT2D eigenvalue weighted by Crippen LogP contribution is -2.08. The van der Waals surface area contributed by atoms with Gasteiger partial charge in [-0.2, -0.15) is 23.5 Å². The second-order valence-corrected chi connectivity index (χ2v) is 5.72. The number of methoxy groups -OCH3 is 1. The fraction of sp³-hybridized carbons (Fsp3) is 0.111. The standard InChI is InChI=1S/C18H10F4N4O3/c1-29-15-7-2-10(8-14(15)19)16-13(9-23)17(18(20,21)22)24-25(16)11-3-5-12(6-4-11)26(27)28/h2-8H,1H3. The lowest BCUT2D eigenvalue weighted by Gasteiger charge is -2.09. The number of halogens is 4. The summed E-state index contributed by atoms with van der Waals surface area (Å²) < 4.78 is 60.0. The van der Waals surface area contributed by atoms with Crippen molar-refractivity contribution in [1.29, 1.82) is 5.26 Å². The predicted octanol–water partition coefficient (Wildman–Crippen LogP) is 4.49. The van der Waals surface area contributed by atoms with Crippen molar-refractivity contribution in [2.75, 3.05) is 7.11 Å². The average Bonchev–Trinajstić information content (AvgIpc) is 3.08. The SMILES string of the molecule is COc1ccc(-c2c(C#N)c(C(F)(F)F)nn2-c2ccc([N+](=O)[O-])cc2)cc1F. The molecule has 0 aliphatic rings. The van der Waals surface area contributed by atoms with Crippen molar-refractivity contribution in [3.63, 3.8) is 0 Å². The van der Waals surface area contributed by atoms with Crippen molar-refractivity contribution < 1.29 is 27.2 Å². The number of nitriles is 1. The summed E-state index contributed by atoms with van der Waals surface area (Å²) in [6.45, 7) is 0. The first-order chi connectivity index (χ1) is 13.7. The number of hydrogen-bond donors (Lipinski definition) is 0. The van der Waals surface area contributed by atoms with E-state index in [1.54, 1.807) is 0 Å². The number of hydrogen-bond acceptors (Lipinski definition) is 5. The molecule has 0 saturated heterocycles. The van der Waals surface area contributed by atoms with Gasteiger partial charge in [0.2, 0.25) is 0 Å². The first-order valence-corrected chi connectivity index (χ1v) is 7.86. The number of nitro groups is 1. The first kappa shape index (κ1) is 19.8. The van der Waals surface area contributed by atoms with E-state index in [-0.39, 0.29) is 28.4 Å². The third kappa shape index (κ3) is 3.60. The second-order valence-electron chi connectivity index (χ2n) is 5.72. The molecule has 0 radical (unpaired) electrons. The van der Waals surface area contributed by atoms with Crippen LogP contribution in [0, 0.1) is 27.3 Å². The van der Waals surface area contributed by atoms with Crippen LogP contribution in [0.3, 0.4) is 0 Å². The molecular formula is C18H10F4N4O3. The molecule has 148 valence electrons. The van der Waals surface area contributed by atoms with Crippen molar-refractivity contribution in [3.8, 4) is 28.8 Å². The van der Waals surface area contributed by atoms with Crippen LogP contribution in [0.1, 0.15) is 11.3 Å². The molecule has 0 N–H and O–H groups in total. The summed E-state index contributed by atoms with van der Waals surface area (Å²) >= 11 is 0. The van der Waals surface area contributed by atoms with Crippen LogP contribution in [-0.2, 0) is 6.18 Å². The molecule has 0 atom stereocenters. The third-order valence-corrected chi connectivity index (χ3v) is 4.00. The minimum atomic E-state index is -4.95. The molecule has 0 aliphatic heterocycles. The van der Waals surface area contributed by atoms with Gasteiger partial charge in [-0.1, -0.05) is 0 Å². The zero-order valence-corrected chi connectivity index (χ0v) is 14.6. The van der Waals surface area contributed by atoms with Crippen LogP contribution in [0.15, 0.2) is 42.5 Å². The highest BCUT2D eigenvalue weighted by Crippen LogP contribution is 2.38. The van der Waals surface area contributed by atoms with Gasteiger partial charge in [-0.05, 0) is 30.3 Å². The van der Waals surface area contributed by atoms with Gasteiger partial charge in [0, 0.05) is 17.7 Å². The summed E-state index contributed by atoms with van der Waals surface area (Å²) in [5.41, 5.74) is -2.88. The Balaban J connectivity index is 2.30. The Morgan fingerprint density at radius 1 is 1.21 bits per heavy atom. The van der Waals surface area contributed by atoms with Gasteiger partial charge in [0.1, 0.15) is 11.6 Å². The highest BCUT2D eigenvalue weighted by atomic mass is 19.4. The van der Waals surface area contributed by atoms with Crippen LogP contribution in [0.2, 0.25) is 0 Å². The number of rotatable bonds is 4. The average molecular weight is 406 g/mol. The number of aromatic nitrogens is 2. The monoisotopic (exact) mass is 406 g/mol. The fourth-order valence-electron chi connectivity index (χ4n) is 2.71. The summed E-state index contributed by atoms with van der Waals surface area (Å²) in [5, 5.41) is 23.7. The molecule has 3 rings (SSSR count). The number of ether oxygens (including phenoxy) is 1. The highest BCUT2D eigenvalue weighted by Gasteiger charge is 2.40. The largest absolute Gasteiger partial charge is 0.494 e. The molecule has 0 bridgehead atoms. The Bertz CT molecular complexity index is 1130. The zero-order valence-electron chi connectivity index (χ0n) is 14.6. The maximum atomic E-state index is 14.2. The zero-order chi connectivity index (χ0) is 21.3. The maximum absolute atomic E-state index is 14.2. The van der Waals surface area contributed by atoms with E-state index in [9.17, 15) is 32.9 Å². The molecule has 29 heavy (non-hydrogen) atoms. The van der Waals surface area contributed by atoms with E-state index >= 15 is 0 Å². The molecule has 0 unspecified atom stereocenters. The number of non-ortho nitro benzene ring substituents is 1. The molecule has 2 aromatic carbocycles. The van der Waals surface area contributed by atoms with Gasteiger partial charge in [0.15, 0.2) is 17.3 Å². The van der Waals surface area contributed by atoms with Crippen LogP contribution in [0.25, 0.3) is 16.9 Å². The second kappa shape index (κ2) is 7.23. The number of alkyl halides is 3. The van der Waals surface area contributed by atoms with E-state index in [1.807, 2.05) is 0 Å². The minimum absolute atomic E-state index is 0.0221. The molecule has 7 nitrogen and oxygen atoms in total. The number of benzene rings is 2. The van der Waals surface area contributed by atoms with Gasteiger partial charge in [-0.15, -0.1) is 0 Å². The maximum Gasteiger partial charge on any atom is 0.436 e. The molecule has 0 saturated carbocycles. The summed E-state index contributed by atoms with van der Waals surface area (Å²) in [7, 11) is 1.22. The van der Waals surface area contributed by atoms with E-state index < -0.39 is 28.2 Å². The van der Waals surface area contributed by atoms with Crippen molar-refractivity contribution in [3.05, 3.63) is 69.7 Å². The molecule has 0 aliphatic carbocycles. The van der Waals surface area contributed by atoms with Gasteiger partial charge >= 0.3 is 6.18 Å². The van der Waals surface area contributed by atoms with Crippen LogP contribution < -0.4 is 4.74 Å². The lowest BCUT2D eigenvalue weighted by atomic mass is 10.1. The van der Waals surface area contributed by atoms with Gasteiger partial charge in [-0.3, -0.25) is 10.1 Å². The van der Waals surface area contributed by atoms with Crippen LogP contribution in [0.5, 0.6) is 5.75 Å². The van der Waals surface area contributed by atoms with E-state index in [0.29, 0.717) is 0 Å². The normalized spacial score (nSPS) is 11.2. The van der Waals surface area contributed by atoms with E-state index in [0.717, 1.165) is 22.9 Å². The van der Waals surface area contributed by atoms with E-state index in [2.05, 4.69) is 5.10 Å². The van der Waals surface area contributed by atoms with Gasteiger partial charge in [0.25, 0.3) is 5.69 Å². The summed E-state index contributed by atoms with van der Waals surface area (Å²) in [5.74, 6) is -0.983. The van der Waals surface area contributed by atoms with E-state index in [1.165, 1.54) is 37.4 Å². The third-order valence-electron chi connectivity index (χ3n) is 4.00. The smallest absolute Gasteiger partial charge is 0.436 e. The number of nitrogens with zero attached hydrogens (tertiary/aromatic N) is 4. The Kier molecular flexibility index (Phi) is 4.94. The number of nitro benzene ring substituents is 1. The van der Waals surface area contributed by atoms with Gasteiger partial charge < -0.3 is 4.74 Å². The molecule has 0 fully saturated rings. The minimum Gasteiger partial charge on any atom is -0.494 e. The van der Waals surface area contributed by atoms with Crippen molar-refractivity contribution in [2.24, 2.45) is 0 Å². The van der Waals surface area contributed by atoms with Gasteiger partial charge in [-0.25, -0.2) is 9.07 Å². The summed E-state index contributed by atoms with van der Waals surface area (Å²) in [6, 6.07) is 9.38. The quantitative estimate of drug-likeness (QED) is 0.362. The lowest BCUT2D eigenvalue weighted by molar-refractivity contribution is -0.384. The molecule has 1 heterocycles. The molecule has 3 aromatic rings. The highest BCUT2D eigenvalue weighted by molar-refractivity contribution is 5.71. The fourth-order valence-corrected chi connectivity index (χ4v) is 2.71. The van der Waals surface area contributed by atoms with Crippen LogP contribution >= 0.6 is 0 Å². The predicted molar refractivity (Wildman–Crippen MR) is 91.9 cm³/mol. The summed E-state index contributed by atoms with van der Waals surface area (Å²) in [4.78, 5) is 10.1. The molecular weight excluding hydrogens is 396 g/mol. The summed E-state index contributed by atoms with van der Waals surface area (Å²) in [6.07, 6.45) is -4.95. The van der Waals surface area contributed by atoms with Crippen LogP contribution in [-0.4, -0.2) is 21.8 Å². The molecule has 11 heteroatoms. The topological polar surface area (TPSA) is 94.0 Å². The van der Waals surface area contributed by atoms with Crippen molar-refractivity contribution >= 4 is 5.69 Å². The van der Waals surface area contributed by atoms with E-state index in [4.69, 9.17) is 4.74 Å². The molecule has 0 spiro atoms. The Morgan fingerprint density at radius 3 is 2.34 bits per heavy atom. The molecule has 0 amide bonds. The Hall–Kier alpha value is -3.94. The Morgan fingerprint density at radius 2 is 1.86 bits per heavy atom. The first-order valence-electron chi connectivity index (χ1n) is 7.86. The van der Waals surface area contributed by atoms with Crippen molar-refractivity contribution in [1.82, 2.24) is 9.78 Å². The van der Waals surface area contributed by atoms with Crippen LogP contribution in [0.4, 0.5) is 23.2 Å². The molecule has 1 aromatic heterocycles. The van der Waals surface area contributed by atoms with Gasteiger partial charge in [0.05, 0.1) is 23.4 Å². The van der Waals surface area contributed by atoms with Crippen molar-refractivity contribution in [2.45, 2.75) is 6.18 Å².